The molecule has 3 nitrogen and oxygen atoms in total. The van der Waals surface area contributed by atoms with E-state index in [1.807, 2.05) is 6.07 Å². The lowest BCUT2D eigenvalue weighted by Gasteiger charge is -2.26. The Morgan fingerprint density at radius 3 is 2.85 bits per heavy atom. The summed E-state index contributed by atoms with van der Waals surface area (Å²) in [6.07, 6.45) is 5.68. The number of benzene rings is 1. The van der Waals surface area contributed by atoms with E-state index in [1.165, 1.54) is 5.56 Å². The summed E-state index contributed by atoms with van der Waals surface area (Å²) in [5.74, 6) is 0.240. The number of likely N-dealkylation sites (tertiary alicyclic amines) is 1. The van der Waals surface area contributed by atoms with Crippen LogP contribution < -0.4 is 5.73 Å². The van der Waals surface area contributed by atoms with Crippen LogP contribution >= 0.6 is 0 Å². The highest BCUT2D eigenvalue weighted by molar-refractivity contribution is 5.77. The van der Waals surface area contributed by atoms with Crippen LogP contribution in [0.15, 0.2) is 30.3 Å². The van der Waals surface area contributed by atoms with E-state index < -0.39 is 0 Å². The van der Waals surface area contributed by atoms with Gasteiger partial charge in [0.05, 0.1) is 0 Å². The largest absolute Gasteiger partial charge is 0.339 e. The Labute approximate surface area is 122 Å². The van der Waals surface area contributed by atoms with Crippen molar-refractivity contribution in [3.8, 4) is 0 Å². The van der Waals surface area contributed by atoms with Crippen molar-refractivity contribution in [2.45, 2.75) is 57.5 Å². The van der Waals surface area contributed by atoms with Gasteiger partial charge in [-0.3, -0.25) is 4.79 Å². The van der Waals surface area contributed by atoms with Gasteiger partial charge < -0.3 is 10.6 Å². The molecule has 110 valence electrons. The summed E-state index contributed by atoms with van der Waals surface area (Å²) in [6.45, 7) is 3.01. The zero-order valence-corrected chi connectivity index (χ0v) is 12.4. The Morgan fingerprint density at radius 2 is 2.15 bits per heavy atom. The predicted molar refractivity (Wildman–Crippen MR) is 82.4 cm³/mol. The maximum absolute atomic E-state index is 12.4. The Kier molecular flexibility index (Phi) is 5.60. The van der Waals surface area contributed by atoms with Crippen LogP contribution in [0, 0.1) is 0 Å². The number of amides is 1. The molecule has 0 spiro atoms. The van der Waals surface area contributed by atoms with Gasteiger partial charge in [-0.1, -0.05) is 43.7 Å². The third-order valence-electron chi connectivity index (χ3n) is 4.11. The van der Waals surface area contributed by atoms with Crippen LogP contribution in [0.25, 0.3) is 0 Å². The smallest absolute Gasteiger partial charge is 0.224 e. The number of carbonyl (C=O) groups excluding carboxylic acids is 1. The zero-order chi connectivity index (χ0) is 14.4. The first-order valence-electron chi connectivity index (χ1n) is 7.79. The van der Waals surface area contributed by atoms with Crippen LogP contribution in [0.5, 0.6) is 0 Å². The normalized spacial score (nSPS) is 20.1. The molecule has 2 atom stereocenters. The van der Waals surface area contributed by atoms with Crippen molar-refractivity contribution >= 4 is 5.91 Å². The second kappa shape index (κ2) is 7.44. The minimum Gasteiger partial charge on any atom is -0.339 e. The molecule has 1 fully saturated rings. The highest BCUT2D eigenvalue weighted by Gasteiger charge is 2.29. The van der Waals surface area contributed by atoms with Gasteiger partial charge in [0.2, 0.25) is 5.91 Å². The molecular formula is C17H26N2O. The number of nitrogens with two attached hydrogens (primary N) is 1. The Bertz CT molecular complexity index is 418. The number of hydrogen-bond acceptors (Lipinski definition) is 2. The van der Waals surface area contributed by atoms with Crippen LogP contribution in [0.3, 0.4) is 0 Å². The van der Waals surface area contributed by atoms with Crippen molar-refractivity contribution in [3.05, 3.63) is 35.9 Å². The van der Waals surface area contributed by atoms with Gasteiger partial charge in [0.1, 0.15) is 0 Å². The van der Waals surface area contributed by atoms with Crippen molar-refractivity contribution in [2.24, 2.45) is 5.73 Å². The molecule has 0 aromatic heterocycles. The lowest BCUT2D eigenvalue weighted by atomic mass is 10.0. The predicted octanol–water partition coefficient (Wildman–Crippen LogP) is 2.74. The standard InChI is InChI=1S/C17H26N2O/c1-2-7-15(18)13-17(20)19-11-6-10-16(19)12-14-8-4-3-5-9-14/h3-5,8-9,15-16H,2,6-7,10-13,18H2,1H3. The summed E-state index contributed by atoms with van der Waals surface area (Å²) in [5, 5.41) is 0. The molecule has 3 heteroatoms. The third-order valence-corrected chi connectivity index (χ3v) is 4.11. The van der Waals surface area contributed by atoms with Crippen molar-refractivity contribution < 1.29 is 4.79 Å². The van der Waals surface area contributed by atoms with Crippen LogP contribution in [-0.2, 0) is 11.2 Å². The Balaban J connectivity index is 1.91. The van der Waals surface area contributed by atoms with Crippen molar-refractivity contribution in [3.63, 3.8) is 0 Å². The molecule has 0 bridgehead atoms. The molecule has 1 aliphatic rings. The summed E-state index contributed by atoms with van der Waals surface area (Å²) in [7, 11) is 0. The molecule has 1 saturated heterocycles. The summed E-state index contributed by atoms with van der Waals surface area (Å²) < 4.78 is 0. The van der Waals surface area contributed by atoms with Gasteiger partial charge in [0.15, 0.2) is 0 Å². The molecule has 0 aliphatic carbocycles. The fourth-order valence-corrected chi connectivity index (χ4v) is 3.08. The minimum atomic E-state index is 0.0190. The summed E-state index contributed by atoms with van der Waals surface area (Å²) in [6, 6.07) is 10.8. The van der Waals surface area contributed by atoms with Crippen molar-refractivity contribution in [1.29, 1.82) is 0 Å². The molecule has 2 rings (SSSR count). The van der Waals surface area contributed by atoms with Gasteiger partial charge >= 0.3 is 0 Å². The molecule has 1 aromatic rings. The first-order chi connectivity index (χ1) is 9.70. The lowest BCUT2D eigenvalue weighted by Crippen LogP contribution is -2.39. The number of nitrogens with zero attached hydrogens (tertiary/aromatic N) is 1. The summed E-state index contributed by atoms with van der Waals surface area (Å²) in [5.41, 5.74) is 7.32. The Morgan fingerprint density at radius 1 is 1.40 bits per heavy atom. The van der Waals surface area contributed by atoms with E-state index >= 15 is 0 Å². The monoisotopic (exact) mass is 274 g/mol. The van der Waals surface area contributed by atoms with Gasteiger partial charge in [0.25, 0.3) is 0 Å². The van der Waals surface area contributed by atoms with E-state index in [4.69, 9.17) is 5.73 Å². The van der Waals surface area contributed by atoms with Gasteiger partial charge in [-0.25, -0.2) is 0 Å². The molecule has 2 unspecified atom stereocenters. The van der Waals surface area contributed by atoms with Gasteiger partial charge in [-0.05, 0) is 31.2 Å². The van der Waals surface area contributed by atoms with E-state index in [0.29, 0.717) is 12.5 Å². The van der Waals surface area contributed by atoms with Crippen LogP contribution in [0.4, 0.5) is 0 Å². The quantitative estimate of drug-likeness (QED) is 0.867. The number of rotatable bonds is 6. The maximum atomic E-state index is 12.4. The van der Waals surface area contributed by atoms with Crippen LogP contribution in [0.2, 0.25) is 0 Å². The fourth-order valence-electron chi connectivity index (χ4n) is 3.08. The molecule has 0 saturated carbocycles. The molecule has 1 amide bonds. The van der Waals surface area contributed by atoms with Gasteiger partial charge in [-0.2, -0.15) is 0 Å². The maximum Gasteiger partial charge on any atom is 0.224 e. The average molecular weight is 274 g/mol. The molecule has 1 heterocycles. The molecule has 0 radical (unpaired) electrons. The number of hydrogen-bond donors (Lipinski definition) is 1. The second-order valence-electron chi connectivity index (χ2n) is 5.83. The highest BCUT2D eigenvalue weighted by Crippen LogP contribution is 2.22. The van der Waals surface area contributed by atoms with E-state index in [1.54, 1.807) is 0 Å². The highest BCUT2D eigenvalue weighted by atomic mass is 16.2. The fraction of sp³-hybridized carbons (Fsp3) is 0.588. The van der Waals surface area contributed by atoms with Crippen LogP contribution in [0.1, 0.15) is 44.6 Å². The second-order valence-corrected chi connectivity index (χ2v) is 5.83. The first-order valence-corrected chi connectivity index (χ1v) is 7.79. The lowest BCUT2D eigenvalue weighted by molar-refractivity contribution is -0.132. The molecule has 1 aliphatic heterocycles. The van der Waals surface area contributed by atoms with Crippen LogP contribution in [-0.4, -0.2) is 29.4 Å². The van der Waals surface area contributed by atoms with E-state index in [0.717, 1.165) is 38.6 Å². The van der Waals surface area contributed by atoms with Gasteiger partial charge in [0, 0.05) is 25.0 Å². The van der Waals surface area contributed by atoms with E-state index in [-0.39, 0.29) is 11.9 Å². The minimum absolute atomic E-state index is 0.0190. The summed E-state index contributed by atoms with van der Waals surface area (Å²) in [4.78, 5) is 14.4. The van der Waals surface area contributed by atoms with Crippen molar-refractivity contribution in [1.82, 2.24) is 4.90 Å². The molecule has 1 aromatic carbocycles. The molecule has 2 N–H and O–H groups in total. The topological polar surface area (TPSA) is 46.3 Å². The SMILES string of the molecule is CCCC(N)CC(=O)N1CCCC1Cc1ccccc1. The molecule has 20 heavy (non-hydrogen) atoms. The summed E-state index contributed by atoms with van der Waals surface area (Å²) >= 11 is 0. The van der Waals surface area contributed by atoms with Gasteiger partial charge in [-0.15, -0.1) is 0 Å². The Hall–Kier alpha value is -1.35. The van der Waals surface area contributed by atoms with E-state index in [2.05, 4.69) is 36.1 Å². The van der Waals surface area contributed by atoms with E-state index in [9.17, 15) is 4.79 Å². The first kappa shape index (κ1) is 15.0. The zero-order valence-electron chi connectivity index (χ0n) is 12.4. The third kappa shape index (κ3) is 4.07. The molecular weight excluding hydrogens is 248 g/mol. The number of carbonyl (C=O) groups is 1. The van der Waals surface area contributed by atoms with Crippen molar-refractivity contribution in [2.75, 3.05) is 6.54 Å². The average Bonchev–Trinajstić information content (AvgIpc) is 2.88.